The van der Waals surface area contributed by atoms with Gasteiger partial charge in [0, 0.05) is 12.4 Å². The molecule has 0 saturated heterocycles. The van der Waals surface area contributed by atoms with E-state index in [0.29, 0.717) is 11.4 Å². The second kappa shape index (κ2) is 11.8. The molecule has 37 heavy (non-hydrogen) atoms. The number of nitrogens with one attached hydrogen (secondary N) is 1. The highest BCUT2D eigenvalue weighted by Gasteiger charge is 2.24. The first-order valence-corrected chi connectivity index (χ1v) is 13.5. The van der Waals surface area contributed by atoms with Crippen LogP contribution < -0.4 is 9.84 Å². The average molecular weight is 519 g/mol. The summed E-state index contributed by atoms with van der Waals surface area (Å²) in [6.45, 7) is 3.79. The molecule has 2 aromatic heterocycles. The van der Waals surface area contributed by atoms with Crippen molar-refractivity contribution < 1.29 is 23.5 Å². The van der Waals surface area contributed by atoms with Gasteiger partial charge in [0.1, 0.15) is 17.0 Å². The van der Waals surface area contributed by atoms with Crippen molar-refractivity contribution in [1.29, 1.82) is 0 Å². The fourth-order valence-corrected chi connectivity index (χ4v) is 4.83. The Bertz CT molecular complexity index is 1390. The highest BCUT2D eigenvalue weighted by atomic mass is 31.2. The number of aromatic hydroxyl groups is 1. The van der Waals surface area contributed by atoms with Gasteiger partial charge < -0.3 is 19.5 Å². The summed E-state index contributed by atoms with van der Waals surface area (Å²) in [7, 11) is -3.23. The van der Waals surface area contributed by atoms with Crippen LogP contribution in [-0.4, -0.2) is 38.7 Å². The number of hydrogen-bond acceptors (Lipinski definition) is 8. The predicted molar refractivity (Wildman–Crippen MR) is 140 cm³/mol. The number of carbonyl (C=O) groups excluding carboxylic acids is 1. The van der Waals surface area contributed by atoms with Gasteiger partial charge in [-0.05, 0) is 42.3 Å². The van der Waals surface area contributed by atoms with E-state index in [-0.39, 0.29) is 24.2 Å². The highest BCUT2D eigenvalue weighted by molar-refractivity contribution is 7.54. The number of hydrogen-bond donors (Lipinski definition) is 2. The summed E-state index contributed by atoms with van der Waals surface area (Å²) >= 11 is 0. The van der Waals surface area contributed by atoms with Crippen LogP contribution in [0.3, 0.4) is 0 Å². The fraction of sp³-hybridized carbons (Fsp3) is 0.185. The highest BCUT2D eigenvalue weighted by Crippen LogP contribution is 2.47. The van der Waals surface area contributed by atoms with Crippen LogP contribution in [0.1, 0.15) is 41.4 Å². The molecule has 4 aromatic rings. The lowest BCUT2D eigenvalue weighted by atomic mass is 9.98. The zero-order valence-corrected chi connectivity index (χ0v) is 21.3. The SMILES string of the molecule is CCOP(=O)(CC)Oc1ccc(C(NC(=O)c2cnc(-c3ccccn3)nc2O)c2ccccc2)cc1. The van der Waals surface area contributed by atoms with Gasteiger partial charge in [0.2, 0.25) is 5.88 Å². The molecule has 2 atom stereocenters. The molecule has 0 saturated carbocycles. The van der Waals surface area contributed by atoms with E-state index in [0.717, 1.165) is 11.1 Å². The Labute approximate surface area is 215 Å². The molecule has 0 aliphatic heterocycles. The lowest BCUT2D eigenvalue weighted by molar-refractivity contribution is 0.0939. The molecule has 0 spiro atoms. The van der Waals surface area contributed by atoms with Gasteiger partial charge in [-0.2, -0.15) is 4.98 Å². The molecule has 10 heteroatoms. The molecule has 2 aromatic carbocycles. The first-order valence-electron chi connectivity index (χ1n) is 11.8. The van der Waals surface area contributed by atoms with Gasteiger partial charge in [0.15, 0.2) is 5.82 Å². The van der Waals surface area contributed by atoms with Crippen LogP contribution in [0.25, 0.3) is 11.5 Å². The van der Waals surface area contributed by atoms with Crippen molar-refractivity contribution in [3.05, 3.63) is 102 Å². The van der Waals surface area contributed by atoms with E-state index in [2.05, 4.69) is 20.3 Å². The van der Waals surface area contributed by atoms with Crippen LogP contribution in [-0.2, 0) is 9.09 Å². The molecule has 2 unspecified atom stereocenters. The lowest BCUT2D eigenvalue weighted by Crippen LogP contribution is -2.29. The molecule has 0 bridgehead atoms. The number of benzene rings is 2. The maximum atomic E-state index is 13.2. The Morgan fingerprint density at radius 3 is 2.30 bits per heavy atom. The smallest absolute Gasteiger partial charge is 0.378 e. The van der Waals surface area contributed by atoms with E-state index in [1.807, 2.05) is 30.3 Å². The maximum Gasteiger partial charge on any atom is 0.378 e. The second-order valence-electron chi connectivity index (χ2n) is 7.97. The van der Waals surface area contributed by atoms with Crippen LogP contribution in [0.15, 0.2) is 85.2 Å². The fourth-order valence-electron chi connectivity index (χ4n) is 3.63. The van der Waals surface area contributed by atoms with Crippen molar-refractivity contribution in [2.24, 2.45) is 0 Å². The molecule has 2 N–H and O–H groups in total. The number of nitrogens with zero attached hydrogens (tertiary/aromatic N) is 3. The van der Waals surface area contributed by atoms with Crippen LogP contribution in [0.2, 0.25) is 0 Å². The summed E-state index contributed by atoms with van der Waals surface area (Å²) in [4.78, 5) is 25.6. The normalized spacial score (nSPS) is 13.4. The number of pyridine rings is 1. The van der Waals surface area contributed by atoms with E-state index >= 15 is 0 Å². The van der Waals surface area contributed by atoms with Crippen molar-refractivity contribution in [2.75, 3.05) is 12.8 Å². The molecule has 1 amide bonds. The Kier molecular flexibility index (Phi) is 8.28. The monoisotopic (exact) mass is 518 g/mol. The Balaban J connectivity index is 1.59. The Morgan fingerprint density at radius 2 is 1.68 bits per heavy atom. The van der Waals surface area contributed by atoms with E-state index in [1.54, 1.807) is 62.5 Å². The van der Waals surface area contributed by atoms with Crippen molar-refractivity contribution in [3.63, 3.8) is 0 Å². The zero-order chi connectivity index (χ0) is 26.3. The summed E-state index contributed by atoms with van der Waals surface area (Å²) in [6.07, 6.45) is 3.11. The topological polar surface area (TPSA) is 124 Å². The quantitative estimate of drug-likeness (QED) is 0.268. The van der Waals surface area contributed by atoms with Crippen LogP contribution in [0.5, 0.6) is 11.6 Å². The summed E-state index contributed by atoms with van der Waals surface area (Å²) < 4.78 is 23.7. The van der Waals surface area contributed by atoms with Gasteiger partial charge in [-0.3, -0.25) is 9.78 Å². The van der Waals surface area contributed by atoms with Crippen LogP contribution in [0, 0.1) is 0 Å². The van der Waals surface area contributed by atoms with Gasteiger partial charge in [-0.1, -0.05) is 55.5 Å². The van der Waals surface area contributed by atoms with Crippen LogP contribution >= 0.6 is 7.60 Å². The van der Waals surface area contributed by atoms with Crippen molar-refractivity contribution in [3.8, 4) is 23.1 Å². The minimum absolute atomic E-state index is 0.0684. The zero-order valence-electron chi connectivity index (χ0n) is 20.4. The largest absolute Gasteiger partial charge is 0.493 e. The summed E-state index contributed by atoms with van der Waals surface area (Å²) in [5.74, 6) is -0.390. The summed E-state index contributed by atoms with van der Waals surface area (Å²) in [5, 5.41) is 13.4. The molecular formula is C27H27N4O5P. The third kappa shape index (κ3) is 6.39. The minimum Gasteiger partial charge on any atom is -0.493 e. The molecule has 0 radical (unpaired) electrons. The number of carbonyl (C=O) groups is 1. The maximum absolute atomic E-state index is 13.2. The molecular weight excluding hydrogens is 491 g/mol. The van der Waals surface area contributed by atoms with Crippen molar-refractivity contribution in [1.82, 2.24) is 20.3 Å². The van der Waals surface area contributed by atoms with Crippen molar-refractivity contribution in [2.45, 2.75) is 19.9 Å². The van der Waals surface area contributed by atoms with E-state index in [4.69, 9.17) is 9.05 Å². The van der Waals surface area contributed by atoms with Gasteiger partial charge in [-0.15, -0.1) is 0 Å². The number of aromatic nitrogens is 3. The third-order valence-corrected chi connectivity index (χ3v) is 7.40. The first kappa shape index (κ1) is 26.0. The molecule has 0 aliphatic rings. The van der Waals surface area contributed by atoms with Gasteiger partial charge >= 0.3 is 7.60 Å². The Hall–Kier alpha value is -4.07. The van der Waals surface area contributed by atoms with Crippen molar-refractivity contribution >= 4 is 13.5 Å². The molecule has 4 rings (SSSR count). The minimum atomic E-state index is -3.23. The van der Waals surface area contributed by atoms with Gasteiger partial charge in [0.25, 0.3) is 5.91 Å². The average Bonchev–Trinajstić information content (AvgIpc) is 2.93. The van der Waals surface area contributed by atoms with Gasteiger partial charge in [-0.25, -0.2) is 9.55 Å². The van der Waals surface area contributed by atoms with E-state index < -0.39 is 25.4 Å². The second-order valence-corrected chi connectivity index (χ2v) is 10.3. The van der Waals surface area contributed by atoms with E-state index in [9.17, 15) is 14.5 Å². The van der Waals surface area contributed by atoms with Crippen LogP contribution in [0.4, 0.5) is 0 Å². The van der Waals surface area contributed by atoms with Gasteiger partial charge in [0.05, 0.1) is 18.8 Å². The lowest BCUT2D eigenvalue weighted by Gasteiger charge is -2.21. The summed E-state index contributed by atoms with van der Waals surface area (Å²) in [5.41, 5.74) is 1.98. The molecule has 0 fully saturated rings. The standard InChI is InChI=1S/C27H27N4O5P/c1-3-35-37(34,4-2)36-21-15-13-20(14-16-21)24(19-10-6-5-7-11-19)30-26(32)22-18-29-25(31-27(22)33)23-12-8-9-17-28-23/h5-18,24H,3-4H2,1-2H3,(H,30,32)(H,29,31,33). The summed E-state index contributed by atoms with van der Waals surface area (Å²) in [6, 6.07) is 21.0. The number of amides is 1. The predicted octanol–water partition coefficient (Wildman–Crippen LogP) is 5.39. The van der Waals surface area contributed by atoms with E-state index in [1.165, 1.54) is 6.20 Å². The molecule has 0 aliphatic carbocycles. The number of rotatable bonds is 10. The third-order valence-electron chi connectivity index (χ3n) is 5.49. The molecule has 190 valence electrons. The molecule has 9 nitrogen and oxygen atoms in total. The molecule has 2 heterocycles. The Morgan fingerprint density at radius 1 is 0.973 bits per heavy atom. The first-order chi connectivity index (χ1) is 17.9.